The predicted octanol–water partition coefficient (Wildman–Crippen LogP) is 3.87. The number of hydrogen-bond donors (Lipinski definition) is 1. The molecule has 2 aromatic rings. The van der Waals surface area contributed by atoms with Gasteiger partial charge in [0.2, 0.25) is 5.95 Å². The lowest BCUT2D eigenvalue weighted by atomic mass is 10.1. The topological polar surface area (TPSA) is 55.0 Å². The third kappa shape index (κ3) is 3.18. The summed E-state index contributed by atoms with van der Waals surface area (Å²) in [5.74, 6) is 1.25. The van der Waals surface area contributed by atoms with E-state index >= 15 is 0 Å². The summed E-state index contributed by atoms with van der Waals surface area (Å²) in [7, 11) is 0. The van der Waals surface area contributed by atoms with Crippen LogP contribution in [0.15, 0.2) is 34.8 Å². The molecule has 0 radical (unpaired) electrons. The Morgan fingerprint density at radius 2 is 1.62 bits per heavy atom. The molecule has 110 valence electrons. The maximum Gasteiger partial charge on any atom is 0.227 e. The van der Waals surface area contributed by atoms with Gasteiger partial charge in [-0.1, -0.05) is 43.2 Å². The third-order valence-electron chi connectivity index (χ3n) is 3.80. The lowest BCUT2D eigenvalue weighted by molar-refractivity contribution is 0.726. The van der Waals surface area contributed by atoms with Gasteiger partial charge in [-0.25, -0.2) is 4.98 Å². The average molecular weight is 347 g/mol. The molecule has 0 aliphatic carbocycles. The van der Waals surface area contributed by atoms with Crippen molar-refractivity contribution in [3.05, 3.63) is 34.8 Å². The molecule has 1 aliphatic heterocycles. The molecule has 0 amide bonds. The van der Waals surface area contributed by atoms with Crippen LogP contribution in [-0.4, -0.2) is 23.1 Å². The van der Waals surface area contributed by atoms with E-state index in [0.29, 0.717) is 5.82 Å². The first-order chi connectivity index (χ1) is 10.3. The van der Waals surface area contributed by atoms with Gasteiger partial charge in [-0.05, 0) is 28.8 Å². The van der Waals surface area contributed by atoms with Crippen LogP contribution in [-0.2, 0) is 0 Å². The number of nitrogen functional groups attached to an aromatic ring is 1. The lowest BCUT2D eigenvalue weighted by Gasteiger charge is -2.21. The molecule has 5 heteroatoms. The second kappa shape index (κ2) is 6.43. The Bertz CT molecular complexity index is 607. The van der Waals surface area contributed by atoms with Crippen molar-refractivity contribution >= 4 is 27.7 Å². The molecule has 0 unspecified atom stereocenters. The second-order valence-electron chi connectivity index (χ2n) is 5.34. The van der Waals surface area contributed by atoms with Crippen LogP contribution in [0.5, 0.6) is 0 Å². The zero-order valence-corrected chi connectivity index (χ0v) is 13.5. The lowest BCUT2D eigenvalue weighted by Crippen LogP contribution is -2.26. The molecule has 2 heterocycles. The van der Waals surface area contributed by atoms with Crippen molar-refractivity contribution in [1.82, 2.24) is 9.97 Å². The van der Waals surface area contributed by atoms with Crippen LogP contribution in [0.3, 0.4) is 0 Å². The molecule has 3 rings (SSSR count). The van der Waals surface area contributed by atoms with E-state index in [1.165, 1.54) is 25.7 Å². The molecule has 4 nitrogen and oxygen atoms in total. The third-order valence-corrected chi connectivity index (χ3v) is 4.58. The van der Waals surface area contributed by atoms with Crippen LogP contribution in [0.1, 0.15) is 25.7 Å². The summed E-state index contributed by atoms with van der Waals surface area (Å²) in [6.07, 6.45) is 4.96. The van der Waals surface area contributed by atoms with E-state index in [4.69, 9.17) is 10.7 Å². The summed E-state index contributed by atoms with van der Waals surface area (Å²) in [5, 5.41) is 0. The molecule has 1 aromatic carbocycles. The van der Waals surface area contributed by atoms with Gasteiger partial charge in [0.1, 0.15) is 5.82 Å². The fraction of sp³-hybridized carbons (Fsp3) is 0.375. The molecule has 0 saturated carbocycles. The molecule has 21 heavy (non-hydrogen) atoms. The number of rotatable bonds is 2. The Hall–Kier alpha value is -1.62. The van der Waals surface area contributed by atoms with Crippen molar-refractivity contribution in [1.29, 1.82) is 0 Å². The van der Waals surface area contributed by atoms with Crippen LogP contribution in [0, 0.1) is 0 Å². The minimum Gasteiger partial charge on any atom is -0.383 e. The maximum absolute atomic E-state index is 6.08. The van der Waals surface area contributed by atoms with E-state index in [9.17, 15) is 0 Å². The fourth-order valence-electron chi connectivity index (χ4n) is 2.65. The molecule has 1 fully saturated rings. The number of hydrogen-bond acceptors (Lipinski definition) is 4. The Morgan fingerprint density at radius 1 is 0.952 bits per heavy atom. The minimum atomic E-state index is 0.503. The average Bonchev–Trinajstić information content (AvgIpc) is 2.80. The van der Waals surface area contributed by atoms with E-state index in [-0.39, 0.29) is 0 Å². The SMILES string of the molecule is Nc1nc(N2CCCCCC2)nc(-c2ccccc2)c1Br. The number of nitrogens with two attached hydrogens (primary N) is 1. The summed E-state index contributed by atoms with van der Waals surface area (Å²) < 4.78 is 0.771. The molecular weight excluding hydrogens is 328 g/mol. The number of halogens is 1. The van der Waals surface area contributed by atoms with E-state index in [2.05, 4.69) is 25.8 Å². The summed E-state index contributed by atoms with van der Waals surface area (Å²) in [5.41, 5.74) is 7.99. The van der Waals surface area contributed by atoms with Gasteiger partial charge in [-0.15, -0.1) is 0 Å². The molecule has 1 saturated heterocycles. The first kappa shape index (κ1) is 14.3. The van der Waals surface area contributed by atoms with Gasteiger partial charge in [-0.2, -0.15) is 4.98 Å². The molecular formula is C16H19BrN4. The number of benzene rings is 1. The van der Waals surface area contributed by atoms with Crippen LogP contribution in [0.25, 0.3) is 11.3 Å². The Balaban J connectivity index is 2.01. The molecule has 0 spiro atoms. The van der Waals surface area contributed by atoms with Gasteiger partial charge in [0.05, 0.1) is 10.2 Å². The van der Waals surface area contributed by atoms with Crippen molar-refractivity contribution in [3.8, 4) is 11.3 Å². The summed E-state index contributed by atoms with van der Waals surface area (Å²) in [4.78, 5) is 11.5. The van der Waals surface area contributed by atoms with Gasteiger partial charge in [0, 0.05) is 18.7 Å². The van der Waals surface area contributed by atoms with E-state index in [1.807, 2.05) is 30.3 Å². The standard InChI is InChI=1S/C16H19BrN4/c17-13-14(12-8-4-3-5-9-12)19-16(20-15(13)18)21-10-6-1-2-7-11-21/h3-5,8-9H,1-2,6-7,10-11H2,(H2,18,19,20). The van der Waals surface area contributed by atoms with Crippen LogP contribution >= 0.6 is 15.9 Å². The van der Waals surface area contributed by atoms with Crippen LogP contribution < -0.4 is 10.6 Å². The van der Waals surface area contributed by atoms with Crippen molar-refractivity contribution in [2.45, 2.75) is 25.7 Å². The summed E-state index contributed by atoms with van der Waals surface area (Å²) in [6, 6.07) is 10.1. The van der Waals surface area contributed by atoms with E-state index in [0.717, 1.165) is 34.8 Å². The highest BCUT2D eigenvalue weighted by Crippen LogP contribution is 2.32. The second-order valence-corrected chi connectivity index (χ2v) is 6.13. The Kier molecular flexibility index (Phi) is 4.39. The van der Waals surface area contributed by atoms with Crippen molar-refractivity contribution in [3.63, 3.8) is 0 Å². The molecule has 0 atom stereocenters. The molecule has 2 N–H and O–H groups in total. The molecule has 1 aliphatic rings. The van der Waals surface area contributed by atoms with Gasteiger partial charge in [-0.3, -0.25) is 0 Å². The highest BCUT2D eigenvalue weighted by Gasteiger charge is 2.17. The summed E-state index contributed by atoms with van der Waals surface area (Å²) >= 11 is 3.52. The maximum atomic E-state index is 6.08. The number of anilines is 2. The minimum absolute atomic E-state index is 0.503. The predicted molar refractivity (Wildman–Crippen MR) is 90.3 cm³/mol. The zero-order valence-electron chi connectivity index (χ0n) is 11.9. The highest BCUT2D eigenvalue weighted by molar-refractivity contribution is 9.10. The van der Waals surface area contributed by atoms with Crippen molar-refractivity contribution in [2.75, 3.05) is 23.7 Å². The number of nitrogens with zero attached hydrogens (tertiary/aromatic N) is 3. The van der Waals surface area contributed by atoms with Gasteiger partial charge >= 0.3 is 0 Å². The van der Waals surface area contributed by atoms with E-state index < -0.39 is 0 Å². The quantitative estimate of drug-likeness (QED) is 0.896. The normalized spacial score (nSPS) is 15.8. The largest absolute Gasteiger partial charge is 0.383 e. The fourth-order valence-corrected chi connectivity index (χ4v) is 3.06. The summed E-state index contributed by atoms with van der Waals surface area (Å²) in [6.45, 7) is 2.02. The van der Waals surface area contributed by atoms with Gasteiger partial charge in [0.15, 0.2) is 0 Å². The Labute approximate surface area is 133 Å². The number of aromatic nitrogens is 2. The van der Waals surface area contributed by atoms with Gasteiger partial charge < -0.3 is 10.6 Å². The van der Waals surface area contributed by atoms with Crippen molar-refractivity contribution < 1.29 is 0 Å². The Morgan fingerprint density at radius 3 is 2.29 bits per heavy atom. The first-order valence-corrected chi connectivity index (χ1v) is 8.18. The van der Waals surface area contributed by atoms with Crippen LogP contribution in [0.2, 0.25) is 0 Å². The molecule has 0 bridgehead atoms. The van der Waals surface area contributed by atoms with Gasteiger partial charge in [0.25, 0.3) is 0 Å². The van der Waals surface area contributed by atoms with Crippen molar-refractivity contribution in [2.24, 2.45) is 0 Å². The first-order valence-electron chi connectivity index (χ1n) is 7.39. The van der Waals surface area contributed by atoms with Crippen LogP contribution in [0.4, 0.5) is 11.8 Å². The highest BCUT2D eigenvalue weighted by atomic mass is 79.9. The zero-order chi connectivity index (χ0) is 14.7. The smallest absolute Gasteiger partial charge is 0.227 e. The van der Waals surface area contributed by atoms with E-state index in [1.54, 1.807) is 0 Å². The molecule has 1 aromatic heterocycles. The monoisotopic (exact) mass is 346 g/mol.